The van der Waals surface area contributed by atoms with Crippen LogP contribution in [0.2, 0.25) is 0 Å². The van der Waals surface area contributed by atoms with E-state index in [4.69, 9.17) is 9.47 Å². The van der Waals surface area contributed by atoms with Gasteiger partial charge in [0.15, 0.2) is 0 Å². The molecule has 3 amide bonds. The standard InChI is InChI=1S/C17H23N5O6/c1-20-15(24)3-2-13(19-20)16(25)22-7-8-27-11-12(22)10-14(23)18-4-5-21-6-9-28-17(21)26/h2-3,12H,4-11H2,1H3,(H,18,23)/t12-/m0/s1. The van der Waals surface area contributed by atoms with E-state index in [1.54, 1.807) is 4.90 Å². The van der Waals surface area contributed by atoms with Crippen LogP contribution < -0.4 is 10.9 Å². The van der Waals surface area contributed by atoms with Crippen molar-refractivity contribution in [3.8, 4) is 0 Å². The Morgan fingerprint density at radius 2 is 2.07 bits per heavy atom. The fourth-order valence-corrected chi connectivity index (χ4v) is 3.10. The van der Waals surface area contributed by atoms with E-state index in [2.05, 4.69) is 10.4 Å². The van der Waals surface area contributed by atoms with Crippen molar-refractivity contribution in [2.75, 3.05) is 46.0 Å². The van der Waals surface area contributed by atoms with Crippen molar-refractivity contribution in [3.63, 3.8) is 0 Å². The first-order valence-electron chi connectivity index (χ1n) is 9.07. The van der Waals surface area contributed by atoms with Gasteiger partial charge in [0.1, 0.15) is 12.3 Å². The molecule has 0 bridgehead atoms. The summed E-state index contributed by atoms with van der Waals surface area (Å²) in [7, 11) is 1.47. The van der Waals surface area contributed by atoms with Crippen LogP contribution in [0.5, 0.6) is 0 Å². The number of ether oxygens (including phenoxy) is 2. The summed E-state index contributed by atoms with van der Waals surface area (Å²) >= 11 is 0. The SMILES string of the molecule is Cn1nc(C(=O)N2CCOC[C@@H]2CC(=O)NCCN2CCOC2=O)ccc1=O. The summed E-state index contributed by atoms with van der Waals surface area (Å²) in [5.74, 6) is -0.592. The highest BCUT2D eigenvalue weighted by Crippen LogP contribution is 2.14. The van der Waals surface area contributed by atoms with E-state index in [-0.39, 0.29) is 42.2 Å². The minimum atomic E-state index is -0.433. The number of nitrogens with one attached hydrogen (secondary N) is 1. The van der Waals surface area contributed by atoms with E-state index in [1.165, 1.54) is 24.1 Å². The molecule has 1 aromatic heterocycles. The summed E-state index contributed by atoms with van der Waals surface area (Å²) in [6.07, 6.45) is -0.307. The first kappa shape index (κ1) is 19.8. The number of amides is 3. The Hall–Kier alpha value is -2.95. The second-order valence-corrected chi connectivity index (χ2v) is 6.56. The lowest BCUT2D eigenvalue weighted by Gasteiger charge is -2.35. The monoisotopic (exact) mass is 393 g/mol. The molecule has 1 aromatic rings. The lowest BCUT2D eigenvalue weighted by Crippen LogP contribution is -2.51. The topological polar surface area (TPSA) is 123 Å². The molecule has 3 rings (SSSR count). The summed E-state index contributed by atoms with van der Waals surface area (Å²) in [5, 5.41) is 6.73. The van der Waals surface area contributed by atoms with Gasteiger partial charge in [-0.05, 0) is 6.07 Å². The number of rotatable bonds is 6. The average molecular weight is 393 g/mol. The first-order chi connectivity index (χ1) is 13.5. The van der Waals surface area contributed by atoms with Gasteiger partial charge in [0.25, 0.3) is 11.5 Å². The second kappa shape index (κ2) is 8.83. The van der Waals surface area contributed by atoms with E-state index >= 15 is 0 Å². The molecule has 0 saturated carbocycles. The maximum absolute atomic E-state index is 12.8. The van der Waals surface area contributed by atoms with Crippen LogP contribution in [0.3, 0.4) is 0 Å². The fourth-order valence-electron chi connectivity index (χ4n) is 3.10. The Balaban J connectivity index is 1.55. The highest BCUT2D eigenvalue weighted by molar-refractivity contribution is 5.92. The Morgan fingerprint density at radius 1 is 1.25 bits per heavy atom. The number of hydrogen-bond donors (Lipinski definition) is 1. The summed E-state index contributed by atoms with van der Waals surface area (Å²) in [4.78, 5) is 51.0. The zero-order valence-electron chi connectivity index (χ0n) is 15.6. The number of aromatic nitrogens is 2. The third kappa shape index (κ3) is 4.66. The molecule has 1 atom stereocenters. The number of carbonyl (C=O) groups excluding carboxylic acids is 3. The van der Waals surface area contributed by atoms with Gasteiger partial charge in [-0.2, -0.15) is 5.10 Å². The molecule has 11 nitrogen and oxygen atoms in total. The molecular weight excluding hydrogens is 370 g/mol. The maximum Gasteiger partial charge on any atom is 0.409 e. The zero-order chi connectivity index (χ0) is 20.1. The molecule has 11 heteroatoms. The van der Waals surface area contributed by atoms with Crippen LogP contribution in [0, 0.1) is 0 Å². The normalized spacial score (nSPS) is 19.5. The van der Waals surface area contributed by atoms with Crippen LogP contribution >= 0.6 is 0 Å². The van der Waals surface area contributed by atoms with Crippen LogP contribution in [-0.2, 0) is 21.3 Å². The van der Waals surface area contributed by atoms with Gasteiger partial charge in [-0.15, -0.1) is 0 Å². The van der Waals surface area contributed by atoms with E-state index in [0.29, 0.717) is 39.4 Å². The lowest BCUT2D eigenvalue weighted by molar-refractivity contribution is -0.123. The number of carbonyl (C=O) groups is 3. The highest BCUT2D eigenvalue weighted by atomic mass is 16.6. The number of morpholine rings is 1. The Kier molecular flexibility index (Phi) is 6.24. The Morgan fingerprint density at radius 3 is 2.79 bits per heavy atom. The van der Waals surface area contributed by atoms with Crippen molar-refractivity contribution >= 4 is 17.9 Å². The Bertz CT molecular complexity index is 809. The van der Waals surface area contributed by atoms with Crippen molar-refractivity contribution in [2.24, 2.45) is 7.05 Å². The molecule has 28 heavy (non-hydrogen) atoms. The van der Waals surface area contributed by atoms with Gasteiger partial charge in [0, 0.05) is 39.2 Å². The molecule has 0 spiro atoms. The summed E-state index contributed by atoms with van der Waals surface area (Å²) in [5.41, 5.74) is -0.168. The predicted octanol–water partition coefficient (Wildman–Crippen LogP) is -1.42. The van der Waals surface area contributed by atoms with Crippen molar-refractivity contribution in [1.29, 1.82) is 0 Å². The van der Waals surface area contributed by atoms with Gasteiger partial charge in [0.2, 0.25) is 5.91 Å². The molecule has 0 aromatic carbocycles. The van der Waals surface area contributed by atoms with Crippen LogP contribution in [0.15, 0.2) is 16.9 Å². The minimum Gasteiger partial charge on any atom is -0.448 e. The molecule has 3 heterocycles. The smallest absolute Gasteiger partial charge is 0.409 e. The minimum absolute atomic E-state index is 0.0714. The largest absolute Gasteiger partial charge is 0.448 e. The molecule has 152 valence electrons. The number of aryl methyl sites for hydroxylation is 1. The van der Waals surface area contributed by atoms with Gasteiger partial charge in [-0.1, -0.05) is 0 Å². The van der Waals surface area contributed by atoms with Gasteiger partial charge in [-0.25, -0.2) is 9.48 Å². The zero-order valence-corrected chi connectivity index (χ0v) is 15.6. The third-order valence-electron chi connectivity index (χ3n) is 4.64. The molecular formula is C17H23N5O6. The van der Waals surface area contributed by atoms with Crippen molar-refractivity contribution in [2.45, 2.75) is 12.5 Å². The van der Waals surface area contributed by atoms with Gasteiger partial charge < -0.3 is 24.6 Å². The number of cyclic esters (lactones) is 1. The van der Waals surface area contributed by atoms with E-state index < -0.39 is 6.04 Å². The number of hydrogen-bond acceptors (Lipinski definition) is 7. The molecule has 0 radical (unpaired) electrons. The molecule has 0 unspecified atom stereocenters. The van der Waals surface area contributed by atoms with Crippen LogP contribution in [0.25, 0.3) is 0 Å². The number of nitrogens with zero attached hydrogens (tertiary/aromatic N) is 4. The highest BCUT2D eigenvalue weighted by Gasteiger charge is 2.31. The first-order valence-corrected chi connectivity index (χ1v) is 9.07. The predicted molar refractivity (Wildman–Crippen MR) is 95.7 cm³/mol. The van der Waals surface area contributed by atoms with Gasteiger partial charge in [-0.3, -0.25) is 14.4 Å². The van der Waals surface area contributed by atoms with Crippen molar-refractivity contribution in [1.82, 2.24) is 24.9 Å². The molecule has 1 N–H and O–H groups in total. The second-order valence-electron chi connectivity index (χ2n) is 6.56. The van der Waals surface area contributed by atoms with Gasteiger partial charge >= 0.3 is 6.09 Å². The molecule has 2 saturated heterocycles. The molecule has 0 aliphatic carbocycles. The van der Waals surface area contributed by atoms with Crippen LogP contribution in [0.4, 0.5) is 4.79 Å². The summed E-state index contributed by atoms with van der Waals surface area (Å²) < 4.78 is 11.3. The molecule has 2 aliphatic heterocycles. The van der Waals surface area contributed by atoms with E-state index in [9.17, 15) is 19.2 Å². The van der Waals surface area contributed by atoms with E-state index in [0.717, 1.165) is 4.68 Å². The quantitative estimate of drug-likeness (QED) is 0.629. The average Bonchev–Trinajstić information content (AvgIpc) is 3.09. The lowest BCUT2D eigenvalue weighted by atomic mass is 10.1. The fraction of sp³-hybridized carbons (Fsp3) is 0.588. The Labute approximate surface area is 161 Å². The van der Waals surface area contributed by atoms with Crippen molar-refractivity contribution < 1.29 is 23.9 Å². The maximum atomic E-state index is 12.8. The third-order valence-corrected chi connectivity index (χ3v) is 4.64. The van der Waals surface area contributed by atoms with Crippen LogP contribution in [0.1, 0.15) is 16.9 Å². The molecule has 2 fully saturated rings. The molecule has 2 aliphatic rings. The van der Waals surface area contributed by atoms with Crippen LogP contribution in [-0.4, -0.2) is 89.5 Å². The van der Waals surface area contributed by atoms with E-state index in [1.807, 2.05) is 0 Å². The summed E-state index contributed by atoms with van der Waals surface area (Å²) in [6, 6.07) is 2.23. The summed E-state index contributed by atoms with van der Waals surface area (Å²) in [6.45, 7) is 2.49. The van der Waals surface area contributed by atoms with Crippen molar-refractivity contribution in [3.05, 3.63) is 28.2 Å². The van der Waals surface area contributed by atoms with Gasteiger partial charge in [0.05, 0.1) is 25.8 Å².